The summed E-state index contributed by atoms with van der Waals surface area (Å²) in [5, 5.41) is 3.13. The summed E-state index contributed by atoms with van der Waals surface area (Å²) in [6, 6.07) is 16.9. The molecule has 4 nitrogen and oxygen atoms in total. The van der Waals surface area contributed by atoms with E-state index in [4.69, 9.17) is 5.73 Å². The van der Waals surface area contributed by atoms with Crippen LogP contribution in [0.25, 0.3) is 0 Å². The van der Waals surface area contributed by atoms with Crippen molar-refractivity contribution in [2.75, 3.05) is 16.8 Å². The maximum Gasteiger partial charge on any atom is 0.224 e. The number of nitrogens with zero attached hydrogens (tertiary/aromatic N) is 1. The molecule has 0 aromatic heterocycles. The lowest BCUT2D eigenvalue weighted by Gasteiger charge is -2.22. The molecule has 2 aromatic carbocycles. The number of benzene rings is 2. The Balaban J connectivity index is 1.45. The maximum absolute atomic E-state index is 12.5. The van der Waals surface area contributed by atoms with Gasteiger partial charge in [0.1, 0.15) is 0 Å². The number of amides is 1. The van der Waals surface area contributed by atoms with E-state index in [0.717, 1.165) is 50.0 Å². The van der Waals surface area contributed by atoms with Crippen LogP contribution in [-0.2, 0) is 17.8 Å². The molecule has 1 amide bonds. The third kappa shape index (κ3) is 3.61. The van der Waals surface area contributed by atoms with Gasteiger partial charge in [0.05, 0.1) is 0 Å². The Morgan fingerprint density at radius 3 is 2.77 bits per heavy atom. The van der Waals surface area contributed by atoms with Gasteiger partial charge in [0.2, 0.25) is 5.91 Å². The van der Waals surface area contributed by atoms with E-state index >= 15 is 0 Å². The highest BCUT2D eigenvalue weighted by Crippen LogP contribution is 2.31. The van der Waals surface area contributed by atoms with Crippen LogP contribution in [0.5, 0.6) is 0 Å². The minimum absolute atomic E-state index is 0.0848. The van der Waals surface area contributed by atoms with E-state index in [1.807, 2.05) is 18.2 Å². The zero-order valence-corrected chi connectivity index (χ0v) is 15.2. The summed E-state index contributed by atoms with van der Waals surface area (Å²) >= 11 is 0. The molecule has 2 aliphatic rings. The minimum atomic E-state index is 0.0848. The van der Waals surface area contributed by atoms with Gasteiger partial charge in [-0.3, -0.25) is 4.79 Å². The Bertz CT molecular complexity index is 788. The lowest BCUT2D eigenvalue weighted by molar-refractivity contribution is -0.117. The Hall–Kier alpha value is -2.33. The van der Waals surface area contributed by atoms with E-state index in [1.165, 1.54) is 11.3 Å². The molecule has 2 atom stereocenters. The summed E-state index contributed by atoms with van der Waals surface area (Å²) in [6.45, 7) is 1.84. The van der Waals surface area contributed by atoms with Gasteiger partial charge in [-0.15, -0.1) is 0 Å². The summed E-state index contributed by atoms with van der Waals surface area (Å²) in [6.07, 6.45) is 4.88. The van der Waals surface area contributed by atoms with E-state index in [-0.39, 0.29) is 11.9 Å². The van der Waals surface area contributed by atoms with E-state index in [9.17, 15) is 4.79 Å². The molecule has 1 heterocycles. The molecule has 3 N–H and O–H groups in total. The van der Waals surface area contributed by atoms with Crippen LogP contribution in [0.15, 0.2) is 48.5 Å². The highest BCUT2D eigenvalue weighted by atomic mass is 16.1. The molecular weight excluding hydrogens is 322 g/mol. The maximum atomic E-state index is 12.5. The predicted molar refractivity (Wildman–Crippen MR) is 106 cm³/mol. The first-order valence-corrected chi connectivity index (χ1v) is 9.67. The summed E-state index contributed by atoms with van der Waals surface area (Å²) < 4.78 is 0. The zero-order valence-electron chi connectivity index (χ0n) is 15.2. The van der Waals surface area contributed by atoms with Gasteiger partial charge in [-0.05, 0) is 48.4 Å². The largest absolute Gasteiger partial charge is 0.367 e. The first-order chi connectivity index (χ1) is 12.7. The molecule has 0 unspecified atom stereocenters. The topological polar surface area (TPSA) is 58.4 Å². The molecule has 1 fully saturated rings. The molecule has 4 heteroatoms. The van der Waals surface area contributed by atoms with Crippen LogP contribution in [0.4, 0.5) is 11.4 Å². The van der Waals surface area contributed by atoms with Crippen LogP contribution in [0.1, 0.15) is 36.8 Å². The van der Waals surface area contributed by atoms with E-state index in [1.54, 1.807) is 0 Å². The third-order valence-corrected chi connectivity index (χ3v) is 5.80. The number of fused-ring (bicyclic) bond motifs is 1. The molecule has 0 saturated heterocycles. The zero-order chi connectivity index (χ0) is 17.9. The van der Waals surface area contributed by atoms with Crippen LogP contribution < -0.4 is 16.0 Å². The van der Waals surface area contributed by atoms with Crippen molar-refractivity contribution >= 4 is 17.3 Å². The number of hydrogen-bond acceptors (Lipinski definition) is 3. The van der Waals surface area contributed by atoms with E-state index < -0.39 is 0 Å². The summed E-state index contributed by atoms with van der Waals surface area (Å²) in [7, 11) is 0. The third-order valence-electron chi connectivity index (χ3n) is 5.80. The number of para-hydroxylation sites is 2. The van der Waals surface area contributed by atoms with Crippen molar-refractivity contribution in [1.82, 2.24) is 0 Å². The first-order valence-electron chi connectivity index (χ1n) is 9.67. The average molecular weight is 349 g/mol. The molecule has 1 aliphatic heterocycles. The van der Waals surface area contributed by atoms with Crippen LogP contribution in [-0.4, -0.2) is 18.5 Å². The van der Waals surface area contributed by atoms with Crippen LogP contribution in [0.3, 0.4) is 0 Å². The SMILES string of the molecule is N[C@@H]1CCC[C@H]1CC(=O)Nc1ccccc1CN1CCc2ccccc21. The standard InChI is InChI=1S/C22H27N3O/c23-19-9-5-8-17(19)14-22(26)24-20-10-3-1-7-18(20)15-25-13-12-16-6-2-4-11-21(16)25/h1-4,6-7,10-11,17,19H,5,8-9,12-15,23H2,(H,24,26)/t17-,19+/m0/s1. The fourth-order valence-electron chi connectivity index (χ4n) is 4.31. The highest BCUT2D eigenvalue weighted by molar-refractivity contribution is 5.91. The quantitative estimate of drug-likeness (QED) is 0.865. The van der Waals surface area contributed by atoms with Gasteiger partial charge in [0.15, 0.2) is 0 Å². The van der Waals surface area contributed by atoms with Gasteiger partial charge in [0, 0.05) is 36.9 Å². The molecule has 2 aromatic rings. The number of carbonyl (C=O) groups is 1. The van der Waals surface area contributed by atoms with Crippen molar-refractivity contribution in [3.8, 4) is 0 Å². The second kappa shape index (κ2) is 7.50. The number of carbonyl (C=O) groups excluding carboxylic acids is 1. The lowest BCUT2D eigenvalue weighted by Crippen LogP contribution is -2.28. The van der Waals surface area contributed by atoms with E-state index in [0.29, 0.717) is 12.3 Å². The van der Waals surface area contributed by atoms with E-state index in [2.05, 4.69) is 40.5 Å². The second-order valence-electron chi connectivity index (χ2n) is 7.56. The molecule has 26 heavy (non-hydrogen) atoms. The molecule has 0 spiro atoms. The number of nitrogens with two attached hydrogens (primary N) is 1. The fourth-order valence-corrected chi connectivity index (χ4v) is 4.31. The van der Waals surface area contributed by atoms with Gasteiger partial charge in [-0.2, -0.15) is 0 Å². The summed E-state index contributed by atoms with van der Waals surface area (Å²) in [4.78, 5) is 14.9. The van der Waals surface area contributed by atoms with Gasteiger partial charge in [-0.25, -0.2) is 0 Å². The molecule has 4 rings (SSSR count). The van der Waals surface area contributed by atoms with Crippen molar-refractivity contribution in [2.45, 2.75) is 44.7 Å². The van der Waals surface area contributed by atoms with Gasteiger partial charge >= 0.3 is 0 Å². The Morgan fingerprint density at radius 2 is 1.92 bits per heavy atom. The van der Waals surface area contributed by atoms with Crippen LogP contribution in [0.2, 0.25) is 0 Å². The molecule has 0 radical (unpaired) electrons. The van der Waals surface area contributed by atoms with Gasteiger partial charge in [-0.1, -0.05) is 42.8 Å². The van der Waals surface area contributed by atoms with Crippen molar-refractivity contribution in [1.29, 1.82) is 0 Å². The summed E-state index contributed by atoms with van der Waals surface area (Å²) in [5.74, 6) is 0.411. The molecule has 1 saturated carbocycles. The number of anilines is 2. The molecular formula is C22H27N3O. The lowest BCUT2D eigenvalue weighted by atomic mass is 9.99. The monoisotopic (exact) mass is 349 g/mol. The van der Waals surface area contributed by atoms with Gasteiger partial charge in [0.25, 0.3) is 0 Å². The minimum Gasteiger partial charge on any atom is -0.367 e. The average Bonchev–Trinajstić information content (AvgIpc) is 3.23. The van der Waals surface area contributed by atoms with Crippen molar-refractivity contribution in [3.05, 3.63) is 59.7 Å². The Morgan fingerprint density at radius 1 is 1.12 bits per heavy atom. The second-order valence-corrected chi connectivity index (χ2v) is 7.56. The molecule has 136 valence electrons. The van der Waals surface area contributed by atoms with Crippen molar-refractivity contribution in [3.63, 3.8) is 0 Å². The summed E-state index contributed by atoms with van der Waals surface area (Å²) in [5.41, 5.74) is 10.9. The van der Waals surface area contributed by atoms with Gasteiger partial charge < -0.3 is 16.0 Å². The predicted octanol–water partition coefficient (Wildman–Crippen LogP) is 3.71. The Labute approximate surface area is 155 Å². The normalized spacial score (nSPS) is 21.7. The Kier molecular flexibility index (Phi) is 4.93. The van der Waals surface area contributed by atoms with Crippen LogP contribution in [0, 0.1) is 5.92 Å². The number of rotatable bonds is 5. The molecule has 0 bridgehead atoms. The number of nitrogens with one attached hydrogen (secondary N) is 1. The van der Waals surface area contributed by atoms with Crippen LogP contribution >= 0.6 is 0 Å². The number of hydrogen-bond donors (Lipinski definition) is 2. The van der Waals surface area contributed by atoms with Crippen molar-refractivity contribution in [2.24, 2.45) is 11.7 Å². The highest BCUT2D eigenvalue weighted by Gasteiger charge is 2.26. The molecule has 1 aliphatic carbocycles. The smallest absolute Gasteiger partial charge is 0.224 e. The van der Waals surface area contributed by atoms with Crippen molar-refractivity contribution < 1.29 is 4.79 Å². The first kappa shape index (κ1) is 17.1. The fraction of sp³-hybridized carbons (Fsp3) is 0.409.